The number of benzene rings is 1. The Morgan fingerprint density at radius 3 is 2.45 bits per heavy atom. The number of likely N-dealkylation sites (N-methyl/N-ethyl adjacent to an activating group) is 1. The summed E-state index contributed by atoms with van der Waals surface area (Å²) in [5.74, 6) is 0.606. The van der Waals surface area contributed by atoms with Gasteiger partial charge in [-0.15, -0.1) is 0 Å². The van der Waals surface area contributed by atoms with Crippen LogP contribution in [0.2, 0.25) is 0 Å². The molecule has 0 spiro atoms. The van der Waals surface area contributed by atoms with Crippen molar-refractivity contribution in [1.29, 1.82) is 0 Å². The molecule has 0 aromatic heterocycles. The number of esters is 1. The Hall–Kier alpha value is -1.55. The van der Waals surface area contributed by atoms with Gasteiger partial charge in [0.25, 0.3) is 0 Å². The van der Waals surface area contributed by atoms with E-state index in [1.807, 2.05) is 52.1 Å². The van der Waals surface area contributed by atoms with Crippen molar-refractivity contribution in [3.63, 3.8) is 0 Å². The molecule has 0 amide bonds. The number of methoxy groups -OCH3 is 1. The Morgan fingerprint density at radius 1 is 1.30 bits per heavy atom. The second kappa shape index (κ2) is 6.27. The molecule has 1 aromatic carbocycles. The highest BCUT2D eigenvalue weighted by Gasteiger charge is 2.29. The fraction of sp³-hybridized carbons (Fsp3) is 0.562. The van der Waals surface area contributed by atoms with Crippen LogP contribution in [0.25, 0.3) is 0 Å². The second-order valence-corrected chi connectivity index (χ2v) is 6.16. The first kappa shape index (κ1) is 16.5. The summed E-state index contributed by atoms with van der Waals surface area (Å²) in [5, 5.41) is 0. The number of carbonyl (C=O) groups is 1. The van der Waals surface area contributed by atoms with E-state index in [0.29, 0.717) is 11.0 Å². The van der Waals surface area contributed by atoms with Gasteiger partial charge in [-0.2, -0.15) is 0 Å². The summed E-state index contributed by atoms with van der Waals surface area (Å²) in [5.41, 5.74) is 0.585. The molecule has 0 fully saturated rings. The standard InChI is InChI=1S/C16H26NO3/c1-7-17(5,12-15(18)20-16(2,3)4)13-9-8-10-14(11-13)19-6/h8-11H,7,12H2,1-6H3/q+1. The van der Waals surface area contributed by atoms with Gasteiger partial charge in [-0.25, -0.2) is 4.79 Å². The van der Waals surface area contributed by atoms with E-state index in [1.54, 1.807) is 7.11 Å². The summed E-state index contributed by atoms with van der Waals surface area (Å²) in [7, 11) is 3.67. The van der Waals surface area contributed by atoms with Crippen LogP contribution in [0.4, 0.5) is 5.69 Å². The Bertz CT molecular complexity index is 465. The molecule has 0 bridgehead atoms. The molecule has 4 nitrogen and oxygen atoms in total. The van der Waals surface area contributed by atoms with Crippen LogP contribution in [0.1, 0.15) is 27.7 Å². The van der Waals surface area contributed by atoms with Gasteiger partial charge in [-0.3, -0.25) is 4.48 Å². The van der Waals surface area contributed by atoms with Crippen LogP contribution < -0.4 is 9.22 Å². The van der Waals surface area contributed by atoms with Gasteiger partial charge in [-0.1, -0.05) is 6.07 Å². The fourth-order valence-corrected chi connectivity index (χ4v) is 1.99. The number of ether oxygens (including phenoxy) is 2. The first-order valence-corrected chi connectivity index (χ1v) is 6.91. The first-order valence-electron chi connectivity index (χ1n) is 6.91. The van der Waals surface area contributed by atoms with E-state index >= 15 is 0 Å². The molecule has 112 valence electrons. The Labute approximate surface area is 121 Å². The molecule has 0 saturated heterocycles. The molecule has 0 radical (unpaired) electrons. The Kier molecular flexibility index (Phi) is 5.17. The quantitative estimate of drug-likeness (QED) is 0.614. The topological polar surface area (TPSA) is 35.5 Å². The first-order chi connectivity index (χ1) is 9.20. The molecule has 0 N–H and O–H groups in total. The van der Waals surface area contributed by atoms with Crippen molar-refractivity contribution in [2.75, 3.05) is 27.2 Å². The van der Waals surface area contributed by atoms with Gasteiger partial charge in [0.2, 0.25) is 0 Å². The Morgan fingerprint density at radius 2 is 1.95 bits per heavy atom. The lowest BCUT2D eigenvalue weighted by Crippen LogP contribution is -2.50. The van der Waals surface area contributed by atoms with E-state index in [2.05, 4.69) is 6.92 Å². The summed E-state index contributed by atoms with van der Waals surface area (Å²) in [6.07, 6.45) is 0. The largest absolute Gasteiger partial charge is 0.497 e. The molecule has 0 aliphatic carbocycles. The van der Waals surface area contributed by atoms with Crippen molar-refractivity contribution in [2.45, 2.75) is 33.3 Å². The maximum atomic E-state index is 12.1. The molecular weight excluding hydrogens is 254 g/mol. The summed E-state index contributed by atoms with van der Waals surface area (Å²) in [6, 6.07) is 7.82. The molecule has 0 saturated carbocycles. The third-order valence-corrected chi connectivity index (χ3v) is 3.27. The van der Waals surface area contributed by atoms with E-state index in [9.17, 15) is 4.79 Å². The van der Waals surface area contributed by atoms with E-state index in [-0.39, 0.29) is 5.97 Å². The van der Waals surface area contributed by atoms with Crippen LogP contribution in [0.15, 0.2) is 24.3 Å². The average Bonchev–Trinajstić information content (AvgIpc) is 2.36. The number of nitrogens with zero attached hydrogens (tertiary/aromatic N) is 1. The fourth-order valence-electron chi connectivity index (χ4n) is 1.99. The molecule has 0 heterocycles. The lowest BCUT2D eigenvalue weighted by atomic mass is 10.2. The zero-order valence-corrected chi connectivity index (χ0v) is 13.4. The Balaban J connectivity index is 2.93. The number of rotatable bonds is 5. The maximum absolute atomic E-state index is 12.1. The normalized spacial score (nSPS) is 14.5. The molecule has 1 aromatic rings. The highest BCUT2D eigenvalue weighted by molar-refractivity contribution is 5.74. The van der Waals surface area contributed by atoms with Crippen molar-refractivity contribution < 1.29 is 14.3 Å². The molecule has 1 rings (SSSR count). The second-order valence-electron chi connectivity index (χ2n) is 6.16. The van der Waals surface area contributed by atoms with Crippen molar-refractivity contribution >= 4 is 11.7 Å². The molecule has 4 heteroatoms. The van der Waals surface area contributed by atoms with Gasteiger partial charge in [0.1, 0.15) is 17.0 Å². The highest BCUT2D eigenvalue weighted by Crippen LogP contribution is 2.26. The van der Waals surface area contributed by atoms with Crippen molar-refractivity contribution in [1.82, 2.24) is 4.48 Å². The van der Waals surface area contributed by atoms with Crippen molar-refractivity contribution in [2.24, 2.45) is 0 Å². The molecule has 1 unspecified atom stereocenters. The van der Waals surface area contributed by atoms with Crippen LogP contribution in [-0.2, 0) is 9.53 Å². The number of hydrogen-bond acceptors (Lipinski definition) is 3. The lowest BCUT2D eigenvalue weighted by molar-refractivity contribution is -0.155. The van der Waals surface area contributed by atoms with Crippen molar-refractivity contribution in [3.8, 4) is 5.75 Å². The smallest absolute Gasteiger partial charge is 0.362 e. The minimum Gasteiger partial charge on any atom is -0.497 e. The van der Waals surface area contributed by atoms with Crippen LogP contribution in [0.5, 0.6) is 5.75 Å². The van der Waals surface area contributed by atoms with Gasteiger partial charge in [0.05, 0.1) is 20.7 Å². The zero-order chi connectivity index (χ0) is 15.4. The zero-order valence-electron chi connectivity index (χ0n) is 13.4. The number of quaternary nitrogens is 1. The summed E-state index contributed by atoms with van der Waals surface area (Å²) in [6.45, 7) is 8.81. The van der Waals surface area contributed by atoms with Crippen LogP contribution >= 0.6 is 0 Å². The number of hydrogen-bond donors (Lipinski definition) is 0. The summed E-state index contributed by atoms with van der Waals surface area (Å²) >= 11 is 0. The molecule has 1 atom stereocenters. The highest BCUT2D eigenvalue weighted by atomic mass is 16.6. The molecule has 20 heavy (non-hydrogen) atoms. The van der Waals surface area contributed by atoms with Crippen LogP contribution in [0.3, 0.4) is 0 Å². The summed E-state index contributed by atoms with van der Waals surface area (Å²) in [4.78, 5) is 12.1. The minimum atomic E-state index is -0.454. The lowest BCUT2D eigenvalue weighted by Gasteiger charge is -2.33. The van der Waals surface area contributed by atoms with Gasteiger partial charge in [-0.05, 0) is 39.8 Å². The molecule has 0 aliphatic heterocycles. The van der Waals surface area contributed by atoms with Crippen LogP contribution in [-0.4, -0.2) is 38.8 Å². The minimum absolute atomic E-state index is 0.190. The van der Waals surface area contributed by atoms with Gasteiger partial charge >= 0.3 is 5.97 Å². The average molecular weight is 280 g/mol. The summed E-state index contributed by atoms with van der Waals surface area (Å²) < 4.78 is 11.2. The monoisotopic (exact) mass is 280 g/mol. The number of carbonyl (C=O) groups excluding carboxylic acids is 1. The molecular formula is C16H26NO3+. The van der Waals surface area contributed by atoms with E-state index in [0.717, 1.165) is 18.0 Å². The third kappa shape index (κ3) is 4.53. The predicted octanol–water partition coefficient (Wildman–Crippen LogP) is 2.99. The van der Waals surface area contributed by atoms with E-state index < -0.39 is 5.60 Å². The SMILES string of the molecule is CC[N+](C)(CC(=O)OC(C)(C)C)c1cccc(OC)c1. The van der Waals surface area contributed by atoms with Crippen molar-refractivity contribution in [3.05, 3.63) is 24.3 Å². The van der Waals surface area contributed by atoms with Gasteiger partial charge < -0.3 is 9.47 Å². The van der Waals surface area contributed by atoms with Gasteiger partial charge in [0, 0.05) is 6.07 Å². The predicted molar refractivity (Wildman–Crippen MR) is 82.0 cm³/mol. The molecule has 0 aliphatic rings. The van der Waals surface area contributed by atoms with E-state index in [4.69, 9.17) is 9.47 Å². The third-order valence-electron chi connectivity index (χ3n) is 3.27. The van der Waals surface area contributed by atoms with Gasteiger partial charge in [0.15, 0.2) is 6.54 Å². The maximum Gasteiger partial charge on any atom is 0.362 e. The van der Waals surface area contributed by atoms with Crippen LogP contribution in [0, 0.1) is 0 Å². The van der Waals surface area contributed by atoms with E-state index in [1.165, 1.54) is 0 Å².